The average Bonchev–Trinajstić information content (AvgIpc) is 2.49. The van der Waals surface area contributed by atoms with Crippen molar-refractivity contribution >= 4 is 5.91 Å². The van der Waals surface area contributed by atoms with E-state index >= 15 is 0 Å². The van der Waals surface area contributed by atoms with E-state index in [1.807, 2.05) is 55.5 Å². The minimum atomic E-state index is -0.509. The maximum absolute atomic E-state index is 12.1. The molecule has 0 aliphatic heterocycles. The van der Waals surface area contributed by atoms with Crippen molar-refractivity contribution in [2.45, 2.75) is 31.8 Å². The first-order valence-electron chi connectivity index (χ1n) is 7.29. The second-order valence-corrected chi connectivity index (χ2v) is 5.40. The molecule has 3 heteroatoms. The van der Waals surface area contributed by atoms with Gasteiger partial charge in [0, 0.05) is 6.04 Å². The Labute approximate surface area is 126 Å². The van der Waals surface area contributed by atoms with Gasteiger partial charge in [0.05, 0.1) is 6.04 Å². The summed E-state index contributed by atoms with van der Waals surface area (Å²) in [5.41, 5.74) is 8.27. The molecule has 0 spiro atoms. The Morgan fingerprint density at radius 3 is 1.95 bits per heavy atom. The van der Waals surface area contributed by atoms with Crippen LogP contribution in [0, 0.1) is 0 Å². The van der Waals surface area contributed by atoms with Crippen molar-refractivity contribution in [3.05, 3.63) is 71.8 Å². The molecule has 0 radical (unpaired) electrons. The van der Waals surface area contributed by atoms with Gasteiger partial charge >= 0.3 is 0 Å². The summed E-state index contributed by atoms with van der Waals surface area (Å²) in [6, 6.07) is 19.5. The minimum Gasteiger partial charge on any atom is -0.352 e. The van der Waals surface area contributed by atoms with E-state index in [1.165, 1.54) is 5.56 Å². The lowest BCUT2D eigenvalue weighted by Crippen LogP contribution is -2.46. The number of amides is 1. The number of carbonyl (C=O) groups excluding carboxylic acids is 1. The first-order chi connectivity index (χ1) is 10.1. The zero-order valence-corrected chi connectivity index (χ0v) is 12.3. The summed E-state index contributed by atoms with van der Waals surface area (Å²) in [4.78, 5) is 12.1. The lowest BCUT2D eigenvalue weighted by atomic mass is 10.0. The third kappa shape index (κ3) is 5.04. The molecule has 2 rings (SSSR count). The van der Waals surface area contributed by atoms with E-state index in [0.717, 1.165) is 12.0 Å². The smallest absolute Gasteiger partial charge is 0.237 e. The standard InChI is InChI=1S/C18H22N2O/c1-14(12-15-8-4-2-5-9-15)20-18(21)17(19)13-16-10-6-3-7-11-16/h2-11,14,17H,12-13,19H2,1H3,(H,20,21)/t14-,17-/m1/s1. The number of hydrogen-bond donors (Lipinski definition) is 2. The Kier molecular flexibility index (Phi) is 5.52. The normalized spacial score (nSPS) is 13.4. The first-order valence-corrected chi connectivity index (χ1v) is 7.29. The second-order valence-electron chi connectivity index (χ2n) is 5.40. The van der Waals surface area contributed by atoms with E-state index in [9.17, 15) is 4.79 Å². The molecule has 2 atom stereocenters. The molecule has 0 saturated heterocycles. The molecule has 0 aliphatic rings. The van der Waals surface area contributed by atoms with E-state index in [-0.39, 0.29) is 11.9 Å². The summed E-state index contributed by atoms with van der Waals surface area (Å²) in [7, 11) is 0. The Bertz CT molecular complexity index is 554. The molecule has 0 aliphatic carbocycles. The van der Waals surface area contributed by atoms with Gasteiger partial charge in [-0.05, 0) is 30.9 Å². The summed E-state index contributed by atoms with van der Waals surface area (Å²) in [6.07, 6.45) is 1.37. The molecule has 21 heavy (non-hydrogen) atoms. The van der Waals surface area contributed by atoms with E-state index in [1.54, 1.807) is 0 Å². The van der Waals surface area contributed by atoms with E-state index in [2.05, 4.69) is 17.4 Å². The van der Waals surface area contributed by atoms with Crippen molar-refractivity contribution in [3.8, 4) is 0 Å². The van der Waals surface area contributed by atoms with Gasteiger partial charge in [-0.15, -0.1) is 0 Å². The minimum absolute atomic E-state index is 0.0710. The Morgan fingerprint density at radius 1 is 0.952 bits per heavy atom. The molecule has 0 saturated carbocycles. The van der Waals surface area contributed by atoms with Crippen molar-refractivity contribution in [2.24, 2.45) is 5.73 Å². The molecule has 0 fully saturated rings. The largest absolute Gasteiger partial charge is 0.352 e. The summed E-state index contributed by atoms with van der Waals surface area (Å²) in [5, 5.41) is 2.98. The fourth-order valence-corrected chi connectivity index (χ4v) is 2.33. The predicted molar refractivity (Wildman–Crippen MR) is 85.9 cm³/mol. The van der Waals surface area contributed by atoms with E-state index in [4.69, 9.17) is 5.73 Å². The molecular weight excluding hydrogens is 260 g/mol. The fourth-order valence-electron chi connectivity index (χ4n) is 2.33. The van der Waals surface area contributed by atoms with Crippen LogP contribution >= 0.6 is 0 Å². The van der Waals surface area contributed by atoms with Crippen molar-refractivity contribution in [1.82, 2.24) is 5.32 Å². The van der Waals surface area contributed by atoms with Crippen LogP contribution in [0.4, 0.5) is 0 Å². The highest BCUT2D eigenvalue weighted by Gasteiger charge is 2.16. The number of nitrogens with one attached hydrogen (secondary N) is 1. The third-order valence-corrected chi connectivity index (χ3v) is 3.41. The van der Waals surface area contributed by atoms with Gasteiger partial charge in [-0.2, -0.15) is 0 Å². The quantitative estimate of drug-likeness (QED) is 0.854. The summed E-state index contributed by atoms with van der Waals surface area (Å²) < 4.78 is 0. The second kappa shape index (κ2) is 7.60. The highest BCUT2D eigenvalue weighted by Crippen LogP contribution is 2.05. The van der Waals surface area contributed by atoms with Crippen LogP contribution in [0.25, 0.3) is 0 Å². The number of benzene rings is 2. The van der Waals surface area contributed by atoms with Gasteiger partial charge in [-0.1, -0.05) is 60.7 Å². The topological polar surface area (TPSA) is 55.1 Å². The molecule has 1 amide bonds. The van der Waals surface area contributed by atoms with Crippen molar-refractivity contribution in [2.75, 3.05) is 0 Å². The zero-order chi connectivity index (χ0) is 15.1. The van der Waals surface area contributed by atoms with Crippen LogP contribution in [0.1, 0.15) is 18.1 Å². The maximum atomic E-state index is 12.1. The lowest BCUT2D eigenvalue weighted by molar-refractivity contribution is -0.122. The molecule has 0 unspecified atom stereocenters. The summed E-state index contributed by atoms with van der Waals surface area (Å²) in [5.74, 6) is -0.0951. The van der Waals surface area contributed by atoms with Crippen LogP contribution in [-0.4, -0.2) is 18.0 Å². The zero-order valence-electron chi connectivity index (χ0n) is 12.3. The number of nitrogens with two attached hydrogens (primary N) is 1. The molecule has 2 aromatic carbocycles. The third-order valence-electron chi connectivity index (χ3n) is 3.41. The maximum Gasteiger partial charge on any atom is 0.237 e. The summed E-state index contributed by atoms with van der Waals surface area (Å²) >= 11 is 0. The Morgan fingerprint density at radius 2 is 1.43 bits per heavy atom. The number of rotatable bonds is 6. The van der Waals surface area contributed by atoms with Gasteiger partial charge < -0.3 is 11.1 Å². The first kappa shape index (κ1) is 15.3. The SMILES string of the molecule is C[C@H](Cc1ccccc1)NC(=O)[C@H](N)Cc1ccccc1. The highest BCUT2D eigenvalue weighted by molar-refractivity contribution is 5.82. The fraction of sp³-hybridized carbons (Fsp3) is 0.278. The van der Waals surface area contributed by atoms with Gasteiger partial charge in [0.15, 0.2) is 0 Å². The van der Waals surface area contributed by atoms with Crippen LogP contribution < -0.4 is 11.1 Å². The van der Waals surface area contributed by atoms with Crippen molar-refractivity contribution < 1.29 is 4.79 Å². The highest BCUT2D eigenvalue weighted by atomic mass is 16.2. The van der Waals surface area contributed by atoms with Gasteiger partial charge in [0.25, 0.3) is 0 Å². The van der Waals surface area contributed by atoms with E-state index < -0.39 is 6.04 Å². The molecule has 3 N–H and O–H groups in total. The number of carbonyl (C=O) groups is 1. The van der Waals surface area contributed by atoms with Crippen molar-refractivity contribution in [1.29, 1.82) is 0 Å². The van der Waals surface area contributed by atoms with Crippen molar-refractivity contribution in [3.63, 3.8) is 0 Å². The van der Waals surface area contributed by atoms with Crippen LogP contribution in [-0.2, 0) is 17.6 Å². The van der Waals surface area contributed by atoms with Gasteiger partial charge in [0.2, 0.25) is 5.91 Å². The molecule has 2 aromatic rings. The van der Waals surface area contributed by atoms with Crippen LogP contribution in [0.2, 0.25) is 0 Å². The molecular formula is C18H22N2O. The molecule has 110 valence electrons. The molecule has 3 nitrogen and oxygen atoms in total. The molecule has 0 bridgehead atoms. The molecule has 0 heterocycles. The average molecular weight is 282 g/mol. The van der Waals surface area contributed by atoms with Crippen LogP contribution in [0.3, 0.4) is 0 Å². The lowest BCUT2D eigenvalue weighted by Gasteiger charge is -2.17. The Balaban J connectivity index is 1.83. The summed E-state index contributed by atoms with van der Waals surface area (Å²) in [6.45, 7) is 2.00. The van der Waals surface area contributed by atoms with Gasteiger partial charge in [-0.3, -0.25) is 4.79 Å². The van der Waals surface area contributed by atoms with Crippen LogP contribution in [0.5, 0.6) is 0 Å². The number of hydrogen-bond acceptors (Lipinski definition) is 2. The Hall–Kier alpha value is -2.13. The van der Waals surface area contributed by atoms with Gasteiger partial charge in [-0.25, -0.2) is 0 Å². The molecule has 0 aromatic heterocycles. The van der Waals surface area contributed by atoms with Gasteiger partial charge in [0.1, 0.15) is 0 Å². The monoisotopic (exact) mass is 282 g/mol. The van der Waals surface area contributed by atoms with Crippen LogP contribution in [0.15, 0.2) is 60.7 Å². The van der Waals surface area contributed by atoms with E-state index in [0.29, 0.717) is 6.42 Å². The predicted octanol–water partition coefficient (Wildman–Crippen LogP) is 2.30.